The van der Waals surface area contributed by atoms with Gasteiger partial charge in [-0.1, -0.05) is 11.8 Å². The van der Waals surface area contributed by atoms with E-state index >= 15 is 0 Å². The summed E-state index contributed by atoms with van der Waals surface area (Å²) in [6.45, 7) is 1.87. The van der Waals surface area contributed by atoms with Crippen LogP contribution in [0.4, 0.5) is 14.5 Å². The summed E-state index contributed by atoms with van der Waals surface area (Å²) in [6, 6.07) is 8.12. The second-order valence-corrected chi connectivity index (χ2v) is 8.24. The number of anilines is 1. The lowest BCUT2D eigenvalue weighted by molar-refractivity contribution is -0.118. The van der Waals surface area contributed by atoms with Crippen LogP contribution in [0, 0.1) is 11.6 Å². The third-order valence-electron chi connectivity index (χ3n) is 4.61. The molecule has 0 fully saturated rings. The number of aromatic nitrogens is 3. The first-order valence-corrected chi connectivity index (χ1v) is 10.3. The SMILES string of the molecule is CC1Sc2ncc(C(=O)NCc3cccnn3)cc2N(Cc2cc(F)cc(F)c2)C1=O. The van der Waals surface area contributed by atoms with Gasteiger partial charge in [-0.05, 0) is 42.8 Å². The molecule has 0 saturated carbocycles. The van der Waals surface area contributed by atoms with Gasteiger partial charge >= 0.3 is 0 Å². The zero-order valence-corrected chi connectivity index (χ0v) is 17.2. The minimum absolute atomic E-state index is 0.0439. The molecule has 0 radical (unpaired) electrons. The Labute approximate surface area is 180 Å². The lowest BCUT2D eigenvalue weighted by atomic mass is 10.1. The topological polar surface area (TPSA) is 88.1 Å². The largest absolute Gasteiger partial charge is 0.346 e. The average molecular weight is 441 g/mol. The number of halogens is 2. The van der Waals surface area contributed by atoms with E-state index in [1.54, 1.807) is 25.1 Å². The van der Waals surface area contributed by atoms with Gasteiger partial charge < -0.3 is 10.2 Å². The highest BCUT2D eigenvalue weighted by molar-refractivity contribution is 8.00. The van der Waals surface area contributed by atoms with Crippen LogP contribution < -0.4 is 10.2 Å². The van der Waals surface area contributed by atoms with Gasteiger partial charge in [-0.25, -0.2) is 13.8 Å². The molecule has 0 spiro atoms. The highest BCUT2D eigenvalue weighted by Crippen LogP contribution is 2.38. The fourth-order valence-corrected chi connectivity index (χ4v) is 4.12. The van der Waals surface area contributed by atoms with Gasteiger partial charge in [-0.2, -0.15) is 10.2 Å². The quantitative estimate of drug-likeness (QED) is 0.655. The molecule has 1 N–H and O–H groups in total. The number of nitrogens with zero attached hydrogens (tertiary/aromatic N) is 4. The molecule has 2 aromatic heterocycles. The van der Waals surface area contributed by atoms with Gasteiger partial charge in [-0.15, -0.1) is 0 Å². The van der Waals surface area contributed by atoms with Gasteiger partial charge in [0.15, 0.2) is 0 Å². The summed E-state index contributed by atoms with van der Waals surface area (Å²) in [4.78, 5) is 31.2. The van der Waals surface area contributed by atoms with E-state index in [9.17, 15) is 18.4 Å². The molecule has 1 aromatic carbocycles. The number of amides is 2. The Morgan fingerprint density at radius 1 is 1.23 bits per heavy atom. The maximum absolute atomic E-state index is 13.6. The Balaban J connectivity index is 1.60. The third kappa shape index (κ3) is 4.69. The number of nitrogens with one attached hydrogen (secondary N) is 1. The maximum atomic E-state index is 13.6. The molecule has 0 bridgehead atoms. The zero-order chi connectivity index (χ0) is 22.0. The van der Waals surface area contributed by atoms with E-state index in [1.165, 1.54) is 41.2 Å². The smallest absolute Gasteiger partial charge is 0.253 e. The van der Waals surface area contributed by atoms with Crippen LogP contribution in [0.15, 0.2) is 53.8 Å². The molecule has 31 heavy (non-hydrogen) atoms. The van der Waals surface area contributed by atoms with Gasteiger partial charge in [-0.3, -0.25) is 9.59 Å². The summed E-state index contributed by atoms with van der Waals surface area (Å²) >= 11 is 1.27. The molecular formula is C21H17F2N5O2S. The van der Waals surface area contributed by atoms with Gasteiger partial charge in [0, 0.05) is 18.5 Å². The van der Waals surface area contributed by atoms with Crippen LogP contribution in [-0.4, -0.2) is 32.2 Å². The molecule has 10 heteroatoms. The van der Waals surface area contributed by atoms with Crippen LogP contribution in [0.3, 0.4) is 0 Å². The number of pyridine rings is 1. The van der Waals surface area contributed by atoms with Crippen LogP contribution >= 0.6 is 11.8 Å². The Morgan fingerprint density at radius 3 is 2.71 bits per heavy atom. The van der Waals surface area contributed by atoms with Crippen molar-refractivity contribution in [1.29, 1.82) is 0 Å². The predicted octanol–water partition coefficient (Wildman–Crippen LogP) is 3.11. The number of carbonyl (C=O) groups is 2. The fourth-order valence-electron chi connectivity index (χ4n) is 3.15. The van der Waals surface area contributed by atoms with Crippen molar-refractivity contribution in [2.75, 3.05) is 4.90 Å². The number of fused-ring (bicyclic) bond motifs is 1. The van der Waals surface area contributed by atoms with E-state index in [2.05, 4.69) is 20.5 Å². The minimum Gasteiger partial charge on any atom is -0.346 e. The molecule has 0 aliphatic carbocycles. The third-order valence-corrected chi connectivity index (χ3v) is 5.70. The lowest BCUT2D eigenvalue weighted by Gasteiger charge is -2.32. The van der Waals surface area contributed by atoms with Gasteiger partial charge in [0.05, 0.1) is 35.3 Å². The first kappa shape index (κ1) is 20.9. The van der Waals surface area contributed by atoms with Crippen molar-refractivity contribution in [3.05, 3.63) is 77.2 Å². The predicted molar refractivity (Wildman–Crippen MR) is 110 cm³/mol. The van der Waals surface area contributed by atoms with Crippen LogP contribution in [0.25, 0.3) is 0 Å². The molecule has 1 aliphatic heterocycles. The molecule has 7 nitrogen and oxygen atoms in total. The molecule has 1 atom stereocenters. The normalized spacial score (nSPS) is 15.5. The number of benzene rings is 1. The monoisotopic (exact) mass is 441 g/mol. The number of hydrogen-bond acceptors (Lipinski definition) is 6. The first-order chi connectivity index (χ1) is 14.9. The highest BCUT2D eigenvalue weighted by atomic mass is 32.2. The molecule has 4 rings (SSSR count). The van der Waals surface area contributed by atoms with Crippen LogP contribution in [-0.2, 0) is 17.9 Å². The van der Waals surface area contributed by atoms with E-state index in [-0.39, 0.29) is 24.6 Å². The van der Waals surface area contributed by atoms with Crippen molar-refractivity contribution in [3.8, 4) is 0 Å². The minimum atomic E-state index is -0.725. The van der Waals surface area contributed by atoms with Crippen molar-refractivity contribution < 1.29 is 18.4 Å². The molecular weight excluding hydrogens is 424 g/mol. The zero-order valence-electron chi connectivity index (χ0n) is 16.4. The summed E-state index contributed by atoms with van der Waals surface area (Å²) in [5.74, 6) is -2.08. The summed E-state index contributed by atoms with van der Waals surface area (Å²) in [6.07, 6.45) is 2.97. The summed E-state index contributed by atoms with van der Waals surface area (Å²) in [7, 11) is 0. The maximum Gasteiger partial charge on any atom is 0.253 e. The molecule has 1 unspecified atom stereocenters. The Hall–Kier alpha value is -3.40. The molecule has 3 heterocycles. The van der Waals surface area contributed by atoms with Gasteiger partial charge in [0.1, 0.15) is 16.7 Å². The lowest BCUT2D eigenvalue weighted by Crippen LogP contribution is -2.40. The Morgan fingerprint density at radius 2 is 2.00 bits per heavy atom. The molecule has 2 amide bonds. The summed E-state index contributed by atoms with van der Waals surface area (Å²) in [5.41, 5.74) is 1.57. The standard InChI is InChI=1S/C21H17F2N5O2S/c1-12-21(30)28(11-13-5-15(22)8-16(23)6-13)18-7-14(9-25-20(18)31-12)19(29)24-10-17-3-2-4-26-27-17/h2-9,12H,10-11H2,1H3,(H,24,29). The van der Waals surface area contributed by atoms with Crippen molar-refractivity contribution in [2.45, 2.75) is 30.3 Å². The van der Waals surface area contributed by atoms with Crippen LogP contribution in [0.5, 0.6) is 0 Å². The molecule has 0 saturated heterocycles. The van der Waals surface area contributed by atoms with Crippen LogP contribution in [0.2, 0.25) is 0 Å². The molecule has 158 valence electrons. The summed E-state index contributed by atoms with van der Waals surface area (Å²) in [5, 5.41) is 10.5. The number of hydrogen-bond donors (Lipinski definition) is 1. The van der Waals surface area contributed by atoms with E-state index in [1.807, 2.05) is 0 Å². The van der Waals surface area contributed by atoms with Crippen molar-refractivity contribution >= 4 is 29.3 Å². The van der Waals surface area contributed by atoms with E-state index in [4.69, 9.17) is 0 Å². The van der Waals surface area contributed by atoms with E-state index in [0.29, 0.717) is 22.0 Å². The van der Waals surface area contributed by atoms with Crippen molar-refractivity contribution in [1.82, 2.24) is 20.5 Å². The Kier molecular flexibility index (Phi) is 5.90. The Bertz CT molecular complexity index is 1130. The van der Waals surface area contributed by atoms with Gasteiger partial charge in [0.2, 0.25) is 5.91 Å². The fraction of sp³-hybridized carbons (Fsp3) is 0.190. The first-order valence-electron chi connectivity index (χ1n) is 9.38. The van der Waals surface area contributed by atoms with E-state index < -0.39 is 22.8 Å². The number of rotatable bonds is 5. The molecule has 1 aliphatic rings. The van der Waals surface area contributed by atoms with Crippen LogP contribution in [0.1, 0.15) is 28.5 Å². The summed E-state index contributed by atoms with van der Waals surface area (Å²) < 4.78 is 27.2. The second-order valence-electron chi connectivity index (χ2n) is 6.91. The number of thioether (sulfide) groups is 1. The van der Waals surface area contributed by atoms with Crippen molar-refractivity contribution in [3.63, 3.8) is 0 Å². The highest BCUT2D eigenvalue weighted by Gasteiger charge is 2.32. The molecule has 3 aromatic rings. The average Bonchev–Trinajstić information content (AvgIpc) is 2.75. The van der Waals surface area contributed by atoms with Gasteiger partial charge in [0.25, 0.3) is 5.91 Å². The number of carbonyl (C=O) groups excluding carboxylic acids is 2. The second kappa shape index (κ2) is 8.76. The van der Waals surface area contributed by atoms with E-state index in [0.717, 1.165) is 6.07 Å². The van der Waals surface area contributed by atoms with Crippen molar-refractivity contribution in [2.24, 2.45) is 0 Å².